The summed E-state index contributed by atoms with van der Waals surface area (Å²) in [6.45, 7) is 6.46. The highest BCUT2D eigenvalue weighted by molar-refractivity contribution is 5.95. The number of carbonyl (C=O) groups excluding carboxylic acids is 3. The van der Waals surface area contributed by atoms with Crippen molar-refractivity contribution in [2.45, 2.75) is 63.4 Å². The van der Waals surface area contributed by atoms with Gasteiger partial charge in [-0.2, -0.15) is 0 Å². The second kappa shape index (κ2) is 15.2. The summed E-state index contributed by atoms with van der Waals surface area (Å²) >= 11 is 0. The van der Waals surface area contributed by atoms with Crippen molar-refractivity contribution in [3.8, 4) is 0 Å². The van der Waals surface area contributed by atoms with E-state index in [1.54, 1.807) is 31.0 Å². The van der Waals surface area contributed by atoms with Crippen LogP contribution in [0.4, 0.5) is 5.69 Å². The van der Waals surface area contributed by atoms with E-state index in [9.17, 15) is 14.7 Å². The largest absolute Gasteiger partial charge is 0.393 e. The average Bonchev–Trinajstić information content (AvgIpc) is 2.87. The van der Waals surface area contributed by atoms with Gasteiger partial charge in [-0.3, -0.25) is 14.4 Å². The highest BCUT2D eigenvalue weighted by Gasteiger charge is 2.30. The fourth-order valence-electron chi connectivity index (χ4n) is 4.50. The molecule has 3 amide bonds. The minimum atomic E-state index is -0.897. The first-order chi connectivity index (χ1) is 18.1. The first-order valence-corrected chi connectivity index (χ1v) is 12.8. The van der Waals surface area contributed by atoms with E-state index in [1.807, 2.05) is 24.3 Å². The lowest BCUT2D eigenvalue weighted by Gasteiger charge is -2.38. The van der Waals surface area contributed by atoms with Gasteiger partial charge in [0.25, 0.3) is 0 Å². The summed E-state index contributed by atoms with van der Waals surface area (Å²) in [4.78, 5) is 40.4. The Bertz CT molecular complexity index is 943. The van der Waals surface area contributed by atoms with Crippen molar-refractivity contribution < 1.29 is 19.5 Å². The van der Waals surface area contributed by atoms with Crippen LogP contribution >= 0.6 is 0 Å². The maximum atomic E-state index is 12.5. The van der Waals surface area contributed by atoms with Gasteiger partial charge in [-0.1, -0.05) is 12.1 Å². The molecule has 12 nitrogen and oxygen atoms in total. The molecule has 1 aromatic carbocycles. The fraction of sp³-hybridized carbons (Fsp3) is 0.538. The van der Waals surface area contributed by atoms with Crippen molar-refractivity contribution in [3.05, 3.63) is 42.1 Å². The zero-order chi connectivity index (χ0) is 28.1. The Kier molecular flexibility index (Phi) is 12.3. The fourth-order valence-corrected chi connectivity index (χ4v) is 4.50. The Morgan fingerprint density at radius 2 is 1.71 bits per heavy atom. The number of aliphatic hydroxyl groups is 1. The molecule has 1 aliphatic carbocycles. The predicted octanol–water partition coefficient (Wildman–Crippen LogP) is -0.710. The third-order valence-electron chi connectivity index (χ3n) is 6.33. The number of nitrogens with zero attached hydrogens (tertiary/aromatic N) is 3. The number of nitrogens with one attached hydrogen (secondary N) is 2. The van der Waals surface area contributed by atoms with Gasteiger partial charge < -0.3 is 42.7 Å². The topological polar surface area (TPSA) is 192 Å². The molecule has 1 saturated heterocycles. The Morgan fingerprint density at radius 1 is 1.11 bits per heavy atom. The minimum absolute atomic E-state index is 0.0370. The predicted molar refractivity (Wildman–Crippen MR) is 147 cm³/mol. The second-order valence-corrected chi connectivity index (χ2v) is 10.1. The molecule has 1 aliphatic heterocycles. The summed E-state index contributed by atoms with van der Waals surface area (Å²) in [5.41, 5.74) is 17.2. The first-order valence-electron chi connectivity index (χ1n) is 12.8. The van der Waals surface area contributed by atoms with Gasteiger partial charge in [0.2, 0.25) is 18.7 Å². The van der Waals surface area contributed by atoms with E-state index in [2.05, 4.69) is 21.3 Å². The van der Waals surface area contributed by atoms with Crippen molar-refractivity contribution in [2.24, 2.45) is 22.2 Å². The summed E-state index contributed by atoms with van der Waals surface area (Å²) in [5.74, 6) is 0.636. The van der Waals surface area contributed by atoms with E-state index in [0.29, 0.717) is 51.4 Å². The van der Waals surface area contributed by atoms with Gasteiger partial charge in [-0.15, -0.1) is 0 Å². The Morgan fingerprint density at radius 3 is 2.26 bits per heavy atom. The number of hydrogen-bond donors (Lipinski definition) is 6. The summed E-state index contributed by atoms with van der Waals surface area (Å²) in [7, 11) is 0. The maximum Gasteiger partial charge on any atom is 0.242 e. The number of amides is 3. The standard InChI is InChI=1S/C25H39N7O3.CH3NO/c1-25(2,27)24(35)32-11-9-31(10-12-32)23(7-8-28-17-33)30-20-5-3-18(4-6-20)16-29-21-13-19(26)14-22(34)15-21;2-1-3/h3-8,17,19,21-22,29,34H,9-16,26-27H2,1-2H3,(H,28,33);1H,(H2,2,3)/b8-7-,30-23?;. The van der Waals surface area contributed by atoms with Crippen LogP contribution in [0.15, 0.2) is 41.5 Å². The zero-order valence-electron chi connectivity index (χ0n) is 22.3. The zero-order valence-corrected chi connectivity index (χ0v) is 22.3. The van der Waals surface area contributed by atoms with Gasteiger partial charge in [0, 0.05) is 51.0 Å². The third-order valence-corrected chi connectivity index (χ3v) is 6.33. The van der Waals surface area contributed by atoms with Crippen LogP contribution in [0.3, 0.4) is 0 Å². The number of aliphatic imine (C=N–C) groups is 1. The van der Waals surface area contributed by atoms with Crippen molar-refractivity contribution >= 4 is 30.3 Å². The van der Waals surface area contributed by atoms with Crippen LogP contribution in [0.1, 0.15) is 38.7 Å². The van der Waals surface area contributed by atoms with Gasteiger partial charge in [-0.25, -0.2) is 4.99 Å². The number of benzene rings is 1. The number of piperazine rings is 1. The molecule has 9 N–H and O–H groups in total. The Balaban J connectivity index is 0.00000161. The smallest absolute Gasteiger partial charge is 0.242 e. The molecule has 3 rings (SSSR count). The molecular formula is C26H42N8O4. The van der Waals surface area contributed by atoms with E-state index < -0.39 is 5.54 Å². The molecule has 3 atom stereocenters. The van der Waals surface area contributed by atoms with Crippen LogP contribution in [-0.2, 0) is 20.9 Å². The normalized spacial score (nSPS) is 22.4. The quantitative estimate of drug-likeness (QED) is 0.144. The number of primary amides is 1. The Labute approximate surface area is 224 Å². The molecule has 12 heteroatoms. The second-order valence-electron chi connectivity index (χ2n) is 10.1. The van der Waals surface area contributed by atoms with Crippen LogP contribution in [0.5, 0.6) is 0 Å². The van der Waals surface area contributed by atoms with E-state index in [4.69, 9.17) is 21.3 Å². The molecule has 3 unspecified atom stereocenters. The minimum Gasteiger partial charge on any atom is -0.393 e. The number of amidine groups is 1. The maximum absolute atomic E-state index is 12.5. The van der Waals surface area contributed by atoms with Crippen molar-refractivity contribution in [1.29, 1.82) is 0 Å². The molecule has 1 aromatic rings. The molecule has 38 heavy (non-hydrogen) atoms. The number of hydrogen-bond acceptors (Lipinski definition) is 8. The van der Waals surface area contributed by atoms with Crippen molar-refractivity contribution in [1.82, 2.24) is 20.4 Å². The summed E-state index contributed by atoms with van der Waals surface area (Å²) < 4.78 is 0. The van der Waals surface area contributed by atoms with Crippen LogP contribution < -0.4 is 27.8 Å². The van der Waals surface area contributed by atoms with E-state index in [-0.39, 0.29) is 30.5 Å². The number of carbonyl (C=O) groups is 3. The summed E-state index contributed by atoms with van der Waals surface area (Å²) in [6.07, 6.45) is 6.08. The van der Waals surface area contributed by atoms with Gasteiger partial charge in [-0.05, 0) is 56.9 Å². The molecule has 0 spiro atoms. The average molecular weight is 531 g/mol. The first kappa shape index (κ1) is 30.9. The molecule has 1 saturated carbocycles. The lowest BCUT2D eigenvalue weighted by atomic mass is 9.89. The van der Waals surface area contributed by atoms with E-state index in [0.717, 1.165) is 24.1 Å². The number of nitrogens with two attached hydrogens (primary N) is 3. The molecule has 0 aromatic heterocycles. The molecule has 2 aliphatic rings. The Hall–Kier alpha value is -3.32. The van der Waals surface area contributed by atoms with Crippen LogP contribution in [-0.4, -0.2) is 89.4 Å². The van der Waals surface area contributed by atoms with Crippen LogP contribution in [0.25, 0.3) is 0 Å². The van der Waals surface area contributed by atoms with E-state index >= 15 is 0 Å². The molecule has 2 fully saturated rings. The molecule has 210 valence electrons. The van der Waals surface area contributed by atoms with Gasteiger partial charge >= 0.3 is 0 Å². The summed E-state index contributed by atoms with van der Waals surface area (Å²) in [6, 6.07) is 8.21. The lowest BCUT2D eigenvalue weighted by molar-refractivity contribution is -0.137. The van der Waals surface area contributed by atoms with Crippen LogP contribution in [0.2, 0.25) is 0 Å². The van der Waals surface area contributed by atoms with Gasteiger partial charge in [0.05, 0.1) is 17.3 Å². The van der Waals surface area contributed by atoms with Crippen molar-refractivity contribution in [3.63, 3.8) is 0 Å². The molecule has 0 bridgehead atoms. The lowest BCUT2D eigenvalue weighted by Crippen LogP contribution is -2.57. The van der Waals surface area contributed by atoms with E-state index in [1.165, 1.54) is 0 Å². The monoisotopic (exact) mass is 530 g/mol. The highest BCUT2D eigenvalue weighted by atomic mass is 16.3. The van der Waals surface area contributed by atoms with Gasteiger partial charge in [0.1, 0.15) is 5.84 Å². The SMILES string of the molecule is CC(C)(N)C(=O)N1CCN(C(/C=C\NC=O)=Nc2ccc(CNC3CC(N)CC(O)C3)cc2)CC1.NC=O. The third kappa shape index (κ3) is 10.2. The molecule has 0 radical (unpaired) electrons. The van der Waals surface area contributed by atoms with Crippen LogP contribution in [0, 0.1) is 0 Å². The van der Waals surface area contributed by atoms with Gasteiger partial charge in [0.15, 0.2) is 0 Å². The number of aliphatic hydroxyl groups excluding tert-OH is 1. The highest BCUT2D eigenvalue weighted by Crippen LogP contribution is 2.20. The summed E-state index contributed by atoms with van der Waals surface area (Å²) in [5, 5.41) is 16.0. The van der Waals surface area contributed by atoms with Crippen molar-refractivity contribution in [2.75, 3.05) is 26.2 Å². The number of rotatable bonds is 8. The molecule has 1 heterocycles. The molecular weight excluding hydrogens is 488 g/mol.